The fourth-order valence-corrected chi connectivity index (χ4v) is 1.28. The van der Waals surface area contributed by atoms with Crippen molar-refractivity contribution in [2.75, 3.05) is 59.4 Å². The van der Waals surface area contributed by atoms with Crippen LogP contribution in [0.2, 0.25) is 0 Å². The number of rotatable bonds is 15. The summed E-state index contributed by atoms with van der Waals surface area (Å²) in [4.78, 5) is 11.3. The molecule has 0 fully saturated rings. The number of aliphatic hydroxyl groups excluding tert-OH is 1. The quantitative estimate of drug-likeness (QED) is 0.316. The van der Waals surface area contributed by atoms with E-state index in [4.69, 9.17) is 29.8 Å². The summed E-state index contributed by atoms with van der Waals surface area (Å²) >= 11 is 0. The summed E-state index contributed by atoms with van der Waals surface area (Å²) in [5.41, 5.74) is 5.26. The summed E-state index contributed by atoms with van der Waals surface area (Å²) in [6, 6.07) is 0. The predicted octanol–water partition coefficient (Wildman–Crippen LogP) is -0.299. The van der Waals surface area contributed by atoms with Crippen molar-refractivity contribution >= 4 is 5.97 Å². The van der Waals surface area contributed by atoms with Crippen molar-refractivity contribution in [1.29, 1.82) is 0 Å². The number of hydrogen-bond acceptors (Lipinski definition) is 7. The van der Waals surface area contributed by atoms with Crippen LogP contribution in [0.15, 0.2) is 0 Å². The lowest BCUT2D eigenvalue weighted by molar-refractivity contribution is -0.145. The molecule has 0 aromatic rings. The molecule has 120 valence electrons. The highest BCUT2D eigenvalue weighted by Gasteiger charge is 2.02. The minimum Gasteiger partial charge on any atom is -0.463 e. The van der Waals surface area contributed by atoms with Gasteiger partial charge in [-0.3, -0.25) is 4.79 Å². The molecule has 0 aromatic heterocycles. The van der Waals surface area contributed by atoms with Crippen molar-refractivity contribution in [3.8, 4) is 0 Å². The zero-order chi connectivity index (χ0) is 14.9. The van der Waals surface area contributed by atoms with E-state index in [1.807, 2.05) is 0 Å². The second kappa shape index (κ2) is 16.3. The molecule has 0 rings (SSSR count). The van der Waals surface area contributed by atoms with Crippen LogP contribution in [0, 0.1) is 0 Å². The van der Waals surface area contributed by atoms with Gasteiger partial charge in [-0.1, -0.05) is 0 Å². The van der Waals surface area contributed by atoms with Crippen LogP contribution in [0.3, 0.4) is 0 Å². The Bertz CT molecular complexity index is 215. The fourth-order valence-electron chi connectivity index (χ4n) is 1.28. The van der Waals surface area contributed by atoms with Gasteiger partial charge in [-0.05, 0) is 12.8 Å². The van der Waals surface area contributed by atoms with Crippen LogP contribution in [0.5, 0.6) is 0 Å². The Kier molecular flexibility index (Phi) is 15.7. The molecule has 0 bridgehead atoms. The fraction of sp³-hybridized carbons (Fsp3) is 0.923. The number of ether oxygens (including phenoxy) is 4. The third kappa shape index (κ3) is 15.3. The SMILES string of the molecule is NCCOCCCC(=O)OCCOCCOCCCO. The second-order valence-corrected chi connectivity index (χ2v) is 4.03. The average molecular weight is 293 g/mol. The standard InChI is InChI=1S/C13H27NO6/c14-4-8-17-6-1-3-13(16)20-12-11-19-10-9-18-7-2-5-15/h15H,1-12,14H2. The van der Waals surface area contributed by atoms with Gasteiger partial charge in [0.2, 0.25) is 0 Å². The number of esters is 1. The van der Waals surface area contributed by atoms with E-state index >= 15 is 0 Å². The Morgan fingerprint density at radius 2 is 1.45 bits per heavy atom. The molecule has 3 N–H and O–H groups in total. The molecule has 0 aliphatic heterocycles. The van der Waals surface area contributed by atoms with Crippen molar-refractivity contribution in [3.05, 3.63) is 0 Å². The second-order valence-electron chi connectivity index (χ2n) is 4.03. The van der Waals surface area contributed by atoms with E-state index in [9.17, 15) is 4.79 Å². The van der Waals surface area contributed by atoms with E-state index in [1.54, 1.807) is 0 Å². The summed E-state index contributed by atoms with van der Waals surface area (Å²) < 4.78 is 20.5. The smallest absolute Gasteiger partial charge is 0.305 e. The summed E-state index contributed by atoms with van der Waals surface area (Å²) in [6.45, 7) is 3.73. The van der Waals surface area contributed by atoms with E-state index in [1.165, 1.54) is 0 Å². The third-order valence-electron chi connectivity index (χ3n) is 2.24. The molecule has 0 amide bonds. The van der Waals surface area contributed by atoms with E-state index in [2.05, 4.69) is 0 Å². The first-order valence-corrected chi connectivity index (χ1v) is 7.01. The Morgan fingerprint density at radius 1 is 0.850 bits per heavy atom. The molecule has 0 heterocycles. The van der Waals surface area contributed by atoms with Gasteiger partial charge < -0.3 is 29.8 Å². The number of hydrogen-bond donors (Lipinski definition) is 2. The minimum atomic E-state index is -0.246. The van der Waals surface area contributed by atoms with Gasteiger partial charge >= 0.3 is 5.97 Å². The Balaban J connectivity index is 3.11. The van der Waals surface area contributed by atoms with Gasteiger partial charge in [0.25, 0.3) is 0 Å². The highest BCUT2D eigenvalue weighted by atomic mass is 16.6. The van der Waals surface area contributed by atoms with Crippen molar-refractivity contribution in [2.45, 2.75) is 19.3 Å². The van der Waals surface area contributed by atoms with Crippen LogP contribution in [-0.2, 0) is 23.7 Å². The molecule has 0 aliphatic rings. The van der Waals surface area contributed by atoms with Crippen molar-refractivity contribution < 1.29 is 28.8 Å². The van der Waals surface area contributed by atoms with Gasteiger partial charge in [0.1, 0.15) is 6.61 Å². The summed E-state index contributed by atoms with van der Waals surface area (Å²) in [5, 5.41) is 8.52. The van der Waals surface area contributed by atoms with Crippen LogP contribution < -0.4 is 5.73 Å². The van der Waals surface area contributed by atoms with Crippen molar-refractivity contribution in [1.82, 2.24) is 0 Å². The van der Waals surface area contributed by atoms with E-state index in [-0.39, 0.29) is 19.2 Å². The Hall–Kier alpha value is -0.730. The number of aliphatic hydroxyl groups is 1. The van der Waals surface area contributed by atoms with Crippen LogP contribution in [0.25, 0.3) is 0 Å². The minimum absolute atomic E-state index is 0.133. The zero-order valence-corrected chi connectivity index (χ0v) is 12.1. The van der Waals surface area contributed by atoms with Gasteiger partial charge in [0.05, 0.1) is 26.4 Å². The van der Waals surface area contributed by atoms with Crippen molar-refractivity contribution in [3.63, 3.8) is 0 Å². The maximum absolute atomic E-state index is 11.3. The topological polar surface area (TPSA) is 100 Å². The van der Waals surface area contributed by atoms with Gasteiger partial charge in [0, 0.05) is 32.8 Å². The lowest BCUT2D eigenvalue weighted by Crippen LogP contribution is -2.14. The first-order valence-electron chi connectivity index (χ1n) is 7.01. The van der Waals surface area contributed by atoms with Gasteiger partial charge in [0.15, 0.2) is 0 Å². The molecule has 0 saturated heterocycles. The highest BCUT2D eigenvalue weighted by Crippen LogP contribution is 1.94. The predicted molar refractivity (Wildman–Crippen MR) is 73.4 cm³/mol. The Labute approximate surface area is 120 Å². The molecule has 0 saturated carbocycles. The number of carbonyl (C=O) groups excluding carboxylic acids is 1. The summed E-state index contributed by atoms with van der Waals surface area (Å²) in [7, 11) is 0. The summed E-state index contributed by atoms with van der Waals surface area (Å²) in [5.74, 6) is -0.246. The largest absolute Gasteiger partial charge is 0.463 e. The first-order chi connectivity index (χ1) is 9.81. The zero-order valence-electron chi connectivity index (χ0n) is 12.1. The molecule has 0 aliphatic carbocycles. The monoisotopic (exact) mass is 293 g/mol. The molecule has 7 nitrogen and oxygen atoms in total. The van der Waals surface area contributed by atoms with E-state index in [0.29, 0.717) is 65.4 Å². The molecule has 0 unspecified atom stereocenters. The molecular formula is C13H27NO6. The molecule has 0 atom stereocenters. The maximum Gasteiger partial charge on any atom is 0.305 e. The molecule has 20 heavy (non-hydrogen) atoms. The first kappa shape index (κ1) is 19.3. The third-order valence-corrected chi connectivity index (χ3v) is 2.24. The van der Waals surface area contributed by atoms with E-state index < -0.39 is 0 Å². The number of carbonyl (C=O) groups is 1. The van der Waals surface area contributed by atoms with Crippen LogP contribution in [0.1, 0.15) is 19.3 Å². The van der Waals surface area contributed by atoms with Crippen LogP contribution in [-0.4, -0.2) is 70.5 Å². The van der Waals surface area contributed by atoms with Gasteiger partial charge in [-0.15, -0.1) is 0 Å². The lowest BCUT2D eigenvalue weighted by atomic mass is 10.3. The molecule has 0 spiro atoms. The van der Waals surface area contributed by atoms with Crippen LogP contribution >= 0.6 is 0 Å². The molecule has 0 radical (unpaired) electrons. The number of nitrogens with two attached hydrogens (primary N) is 1. The average Bonchev–Trinajstić information content (AvgIpc) is 2.45. The highest BCUT2D eigenvalue weighted by molar-refractivity contribution is 5.69. The maximum atomic E-state index is 11.3. The Morgan fingerprint density at radius 3 is 2.15 bits per heavy atom. The normalized spacial score (nSPS) is 10.7. The molecular weight excluding hydrogens is 266 g/mol. The van der Waals surface area contributed by atoms with Crippen LogP contribution in [0.4, 0.5) is 0 Å². The van der Waals surface area contributed by atoms with Gasteiger partial charge in [-0.2, -0.15) is 0 Å². The van der Waals surface area contributed by atoms with Gasteiger partial charge in [-0.25, -0.2) is 0 Å². The van der Waals surface area contributed by atoms with Crippen molar-refractivity contribution in [2.24, 2.45) is 5.73 Å². The molecule has 0 aromatic carbocycles. The lowest BCUT2D eigenvalue weighted by Gasteiger charge is -2.07. The summed E-state index contributed by atoms with van der Waals surface area (Å²) in [6.07, 6.45) is 1.61. The van der Waals surface area contributed by atoms with E-state index in [0.717, 1.165) is 0 Å². The molecule has 7 heteroatoms.